The Morgan fingerprint density at radius 1 is 0.590 bits per heavy atom. The number of hydrazine groups is 2. The van der Waals surface area contributed by atoms with E-state index in [0.717, 1.165) is 82.4 Å². The van der Waals surface area contributed by atoms with Gasteiger partial charge in [0.25, 0.3) is 11.8 Å². The fourth-order valence-corrected chi connectivity index (χ4v) is 10.6. The molecule has 1 aliphatic rings. The Balaban J connectivity index is 0.000000236. The number of imidazole rings is 4. The van der Waals surface area contributed by atoms with Crippen LogP contribution in [-0.2, 0) is 47.0 Å². The predicted molar refractivity (Wildman–Crippen MR) is 399 cm³/mol. The van der Waals surface area contributed by atoms with E-state index < -0.39 is 0 Å². The van der Waals surface area contributed by atoms with Crippen molar-refractivity contribution in [2.45, 2.75) is 79.2 Å². The predicted octanol–water partition coefficient (Wildman–Crippen LogP) is 6.89. The molecule has 544 valence electrons. The summed E-state index contributed by atoms with van der Waals surface area (Å²) < 4.78 is 19.5. The van der Waals surface area contributed by atoms with Crippen LogP contribution in [0.5, 0.6) is 0 Å². The van der Waals surface area contributed by atoms with Gasteiger partial charge < -0.3 is 54.4 Å². The summed E-state index contributed by atoms with van der Waals surface area (Å²) in [5.41, 5.74) is 24.1. The van der Waals surface area contributed by atoms with Crippen LogP contribution >= 0.6 is 0 Å². The SMILES string of the molecule is C1CCOC1.CCCC(=O)CNC(=O)c1ccc2ncn(Cc3ccccc3)c2c1.CCO.CCn1c(-c2ccc3ncn(Cc4ccccc4)c3c2)n[nH]c1=O.COC(=O)c1ccc2ncn(Cc3ccccc3)c2c1.N=N[N-]O.NN.NNC(=O)c1ccc2ncn(Cc3ccccc3)c2c1.O.[Na+]. The Hall–Kier alpha value is -11.2. The number of nitrogens with zero attached hydrogens (tertiary/aromatic N) is 12. The maximum Gasteiger partial charge on any atom is 1.00 e. The van der Waals surface area contributed by atoms with Crippen molar-refractivity contribution >= 4 is 67.7 Å². The molecule has 0 radical (unpaired) electrons. The van der Waals surface area contributed by atoms with Crippen LogP contribution in [0.15, 0.2) is 229 Å². The molecule has 1 fully saturated rings. The van der Waals surface area contributed by atoms with E-state index in [9.17, 15) is 24.0 Å². The minimum atomic E-state index is -0.334. The van der Waals surface area contributed by atoms with Crippen molar-refractivity contribution in [2.75, 3.05) is 33.5 Å². The van der Waals surface area contributed by atoms with Gasteiger partial charge in [0.15, 0.2) is 11.6 Å². The normalized spacial score (nSPS) is 10.8. The Bertz CT molecular complexity index is 4670. The number of carbonyl (C=O) groups excluding carboxylic acids is 4. The molecule has 14 N–H and O–H groups in total. The smallest absolute Gasteiger partial charge is 0.465 e. The largest absolute Gasteiger partial charge is 1.00 e. The van der Waals surface area contributed by atoms with Crippen LogP contribution in [0.4, 0.5) is 0 Å². The molecular weight excluding hydrogens is 1350 g/mol. The molecule has 0 spiro atoms. The zero-order chi connectivity index (χ0) is 73.7. The first kappa shape index (κ1) is 84.4. The van der Waals surface area contributed by atoms with Crippen LogP contribution in [0, 0.1) is 5.53 Å². The van der Waals surface area contributed by atoms with Crippen molar-refractivity contribution in [1.82, 2.24) is 63.7 Å². The van der Waals surface area contributed by atoms with E-state index in [1.54, 1.807) is 54.7 Å². The van der Waals surface area contributed by atoms with Crippen LogP contribution in [0.1, 0.15) is 99.8 Å². The summed E-state index contributed by atoms with van der Waals surface area (Å²) in [7, 11) is 1.38. The number of nitrogens with two attached hydrogens (primary N) is 3. The van der Waals surface area contributed by atoms with Crippen LogP contribution in [0.25, 0.3) is 61.1 Å². The summed E-state index contributed by atoms with van der Waals surface area (Å²) in [5.74, 6) is 13.0. The summed E-state index contributed by atoms with van der Waals surface area (Å²) in [5, 5.41) is 26.2. The van der Waals surface area contributed by atoms with Gasteiger partial charge in [0, 0.05) is 75.7 Å². The number of aromatic amines is 1. The summed E-state index contributed by atoms with van der Waals surface area (Å²) >= 11 is 0. The minimum Gasteiger partial charge on any atom is -0.465 e. The number of aliphatic hydroxyl groups excluding tert-OH is 1. The zero-order valence-corrected chi connectivity index (χ0v) is 61.3. The van der Waals surface area contributed by atoms with Crippen molar-refractivity contribution in [3.8, 4) is 11.4 Å². The van der Waals surface area contributed by atoms with E-state index in [1.165, 1.54) is 42.2 Å². The van der Waals surface area contributed by atoms with Crippen molar-refractivity contribution in [3.05, 3.63) is 274 Å². The second-order valence-electron chi connectivity index (χ2n) is 22.6. The van der Waals surface area contributed by atoms with Crippen LogP contribution in [-0.4, -0.2) is 126 Å². The van der Waals surface area contributed by atoms with E-state index >= 15 is 0 Å². The average molecular weight is 1440 g/mol. The van der Waals surface area contributed by atoms with Gasteiger partial charge in [-0.1, -0.05) is 128 Å². The third-order valence-corrected chi connectivity index (χ3v) is 15.5. The molecule has 5 aromatic heterocycles. The maximum atomic E-state index is 12.3. The molecule has 1 saturated heterocycles. The summed E-state index contributed by atoms with van der Waals surface area (Å²) in [4.78, 5) is 76.4. The van der Waals surface area contributed by atoms with Crippen molar-refractivity contribution < 1.29 is 74.0 Å². The Labute approximate surface area is 628 Å². The van der Waals surface area contributed by atoms with Crippen LogP contribution in [0.2, 0.25) is 0 Å². The monoisotopic (exact) mass is 1440 g/mol. The van der Waals surface area contributed by atoms with Crippen molar-refractivity contribution in [3.63, 3.8) is 0 Å². The number of aliphatic hydroxyl groups is 1. The number of amides is 2. The van der Waals surface area contributed by atoms with Gasteiger partial charge in [0.2, 0.25) is 0 Å². The molecule has 0 aliphatic carbocycles. The number of ether oxygens (including phenoxy) is 2. The van der Waals surface area contributed by atoms with Crippen molar-refractivity contribution in [1.29, 1.82) is 5.53 Å². The molecule has 105 heavy (non-hydrogen) atoms. The molecule has 0 atom stereocenters. The van der Waals surface area contributed by atoms with Crippen molar-refractivity contribution in [2.24, 2.45) is 22.8 Å². The molecule has 1 aliphatic heterocycles. The number of carbonyl (C=O) groups is 4. The molecule has 0 bridgehead atoms. The number of hydrogen-bond acceptors (Lipinski definition) is 19. The zero-order valence-electron chi connectivity index (χ0n) is 59.3. The fraction of sp³-hybridized carbons (Fsp3) is 0.227. The van der Waals surface area contributed by atoms with Gasteiger partial charge in [-0.25, -0.2) is 40.5 Å². The van der Waals surface area contributed by atoms with Gasteiger partial charge in [0.05, 0.1) is 88.7 Å². The number of methoxy groups -OCH3 is 1. The van der Waals surface area contributed by atoms with Gasteiger partial charge in [-0.15, -0.1) is 0 Å². The van der Waals surface area contributed by atoms with E-state index in [4.69, 9.17) is 31.2 Å². The number of H-pyrrole nitrogens is 1. The number of nitrogens with one attached hydrogen (secondary N) is 4. The van der Waals surface area contributed by atoms with E-state index in [-0.39, 0.29) is 77.4 Å². The topological polar surface area (TPSA) is 433 Å². The third kappa shape index (κ3) is 25.3. The number of aromatic nitrogens is 11. The van der Waals surface area contributed by atoms with Gasteiger partial charge >= 0.3 is 41.2 Å². The van der Waals surface area contributed by atoms with Gasteiger partial charge in [-0.2, -0.15) is 5.10 Å². The standard InChI is InChI=1S/C20H21N3O2.C18H17N5O.C16H14N2O2.C15H14N4O.C4H8O.C2H6O.H2N3O.H4N2.Na.H2O/c1-2-6-17(24)12-21-20(25)16-9-10-18-19(11-16)23(14-22-18)13-15-7-4-3-5-8-15;1-2-23-17(20-21-18(23)24)14-8-9-15-16(10-14)22(12-19-15)11-13-6-4-3-5-7-13;1-20-16(19)13-7-8-14-15(9-13)18(11-17-14)10-12-5-3-2-4-6-12;16-18-15(20)12-6-7-13-14(8-12)19(10-17-13)9-11-4-2-1-3-5-11;1-2-4-5-3-1;1-2-3;1-2-3-4;1-2;;/h3-5,7-11,14H,2,6,12-13H2,1H3,(H,21,25);3-10,12H,2,11H2,1H3,(H,21,24);2-9,11H,10H2,1H3;1-8,10H,9,16H2,(H,18,20);1-4H2;3H,2H2,1H3;(H2-,1,2,3,4);1-2H2;;1H2/q;;;;;;-1;;+1;. The molecule has 0 unspecified atom stereocenters. The molecular formula is C75H88N19NaO10. The number of nitrogen functional groups attached to an aromatic ring is 1. The number of rotatable bonds is 18. The summed E-state index contributed by atoms with van der Waals surface area (Å²) in [6.45, 7) is 11.3. The van der Waals surface area contributed by atoms with E-state index in [0.29, 0.717) is 48.6 Å². The number of hydrogen-bond donors (Lipinski definition) is 9. The molecule has 6 heterocycles. The molecule has 14 rings (SSSR count). The fourth-order valence-electron chi connectivity index (χ4n) is 10.6. The number of esters is 1. The second kappa shape index (κ2) is 45.7. The molecule has 13 aromatic rings. The van der Waals surface area contributed by atoms with Gasteiger partial charge in [0.1, 0.15) is 0 Å². The second-order valence-corrected chi connectivity index (χ2v) is 22.6. The van der Waals surface area contributed by atoms with E-state index in [2.05, 4.69) is 111 Å². The minimum absolute atomic E-state index is 0. The first-order chi connectivity index (χ1) is 50.3. The molecule has 2 amide bonds. The average Bonchev–Trinajstić information content (AvgIpc) is 1.71. The summed E-state index contributed by atoms with van der Waals surface area (Å²) in [6.07, 6.45) is 11.0. The number of Topliss-reactive ketones (excluding diaryl/α,β-unsaturated/α-hetero) is 1. The Morgan fingerprint density at radius 3 is 1.30 bits per heavy atom. The third-order valence-electron chi connectivity index (χ3n) is 15.5. The quantitative estimate of drug-likeness (QED) is 0.0105. The Morgan fingerprint density at radius 2 is 0.952 bits per heavy atom. The maximum absolute atomic E-state index is 12.3. The number of ketones is 1. The first-order valence-corrected chi connectivity index (χ1v) is 33.0. The molecule has 29 nitrogen and oxygen atoms in total. The first-order valence-electron chi connectivity index (χ1n) is 33.0. The number of benzene rings is 8. The molecule has 30 heteroatoms. The molecule has 8 aromatic carbocycles. The van der Waals surface area contributed by atoms with E-state index in [1.807, 2.05) is 161 Å². The summed E-state index contributed by atoms with van der Waals surface area (Å²) in [6, 6.07) is 62.7. The Kier molecular flexibility index (Phi) is 36.7. The van der Waals surface area contributed by atoms with Gasteiger partial charge in [-0.05, 0) is 128 Å². The van der Waals surface area contributed by atoms with Crippen LogP contribution < -0.4 is 63.5 Å². The van der Waals surface area contributed by atoms with Crippen LogP contribution in [0.3, 0.4) is 0 Å². The van der Waals surface area contributed by atoms with Gasteiger partial charge in [-0.3, -0.25) is 46.9 Å². The number of fused-ring (bicyclic) bond motifs is 4. The molecule has 0 saturated carbocycles.